The Morgan fingerprint density at radius 1 is 1.23 bits per heavy atom. The van der Waals surface area contributed by atoms with E-state index in [4.69, 9.17) is 20.2 Å². The van der Waals surface area contributed by atoms with Crippen molar-refractivity contribution in [2.24, 2.45) is 11.7 Å². The van der Waals surface area contributed by atoms with Gasteiger partial charge in [-0.05, 0) is 80.6 Å². The summed E-state index contributed by atoms with van der Waals surface area (Å²) in [6.07, 6.45) is 3.66. The summed E-state index contributed by atoms with van der Waals surface area (Å²) in [5, 5.41) is 12.9. The van der Waals surface area contributed by atoms with Gasteiger partial charge in [0.25, 0.3) is 0 Å². The Balaban J connectivity index is 1.36. The number of aliphatic hydroxyl groups is 1. The summed E-state index contributed by atoms with van der Waals surface area (Å²) in [5.74, 6) is 0.579. The molecule has 1 saturated carbocycles. The fourth-order valence-electron chi connectivity index (χ4n) is 5.45. The molecule has 0 radical (unpaired) electrons. The van der Waals surface area contributed by atoms with E-state index in [0.29, 0.717) is 39.5 Å². The van der Waals surface area contributed by atoms with Crippen molar-refractivity contribution in [1.82, 2.24) is 9.97 Å². The Bertz CT molecular complexity index is 1580. The third kappa shape index (κ3) is 4.53. The number of halogens is 1. The average Bonchev–Trinajstić information content (AvgIpc) is 3.76. The largest absolute Gasteiger partial charge is 0.494 e. The van der Waals surface area contributed by atoms with Crippen molar-refractivity contribution in [3.05, 3.63) is 83.4 Å². The molecular weight excluding hydrogens is 497 g/mol. The molecule has 200 valence electrons. The third-order valence-corrected chi connectivity index (χ3v) is 7.86. The number of methoxy groups -OCH3 is 1. The fraction of sp³-hybridized carbons (Fsp3) is 0.323. The first-order chi connectivity index (χ1) is 18.7. The first-order valence-corrected chi connectivity index (χ1v) is 13.1. The van der Waals surface area contributed by atoms with Crippen molar-refractivity contribution < 1.29 is 23.8 Å². The zero-order chi connectivity index (χ0) is 27.4. The summed E-state index contributed by atoms with van der Waals surface area (Å²) >= 11 is 0. The van der Waals surface area contributed by atoms with Gasteiger partial charge in [0.05, 0.1) is 18.3 Å². The molecule has 2 aliphatic rings. The van der Waals surface area contributed by atoms with Crippen LogP contribution in [0.5, 0.6) is 11.5 Å². The van der Waals surface area contributed by atoms with E-state index in [1.54, 1.807) is 37.6 Å². The highest BCUT2D eigenvalue weighted by Crippen LogP contribution is 2.51. The Morgan fingerprint density at radius 2 is 2.00 bits per heavy atom. The van der Waals surface area contributed by atoms with Crippen LogP contribution in [0.25, 0.3) is 22.2 Å². The summed E-state index contributed by atoms with van der Waals surface area (Å²) in [6, 6.07) is 15.0. The molecule has 39 heavy (non-hydrogen) atoms. The van der Waals surface area contributed by atoms with Crippen molar-refractivity contribution in [1.29, 1.82) is 0 Å². The number of Topliss-reactive ketones (excluding diaryl/α,β-unsaturated/α-hetero) is 1. The van der Waals surface area contributed by atoms with Crippen molar-refractivity contribution in [3.63, 3.8) is 0 Å². The molecule has 0 spiro atoms. The number of nitrogens with two attached hydrogens (primary N) is 1. The van der Waals surface area contributed by atoms with E-state index in [1.165, 1.54) is 12.1 Å². The number of benzene rings is 2. The fourth-order valence-corrected chi connectivity index (χ4v) is 5.45. The topological polar surface area (TPSA) is 108 Å². The van der Waals surface area contributed by atoms with Gasteiger partial charge >= 0.3 is 0 Å². The molecule has 0 saturated heterocycles. The van der Waals surface area contributed by atoms with Crippen LogP contribution in [0.2, 0.25) is 0 Å². The molecule has 2 aromatic carbocycles. The number of hydrogen-bond donors (Lipinski definition) is 2. The van der Waals surface area contributed by atoms with Gasteiger partial charge in [-0.2, -0.15) is 0 Å². The van der Waals surface area contributed by atoms with Gasteiger partial charge in [0.1, 0.15) is 35.0 Å². The second-order valence-electron chi connectivity index (χ2n) is 10.8. The molecule has 0 amide bonds. The van der Waals surface area contributed by atoms with Crippen LogP contribution in [0.4, 0.5) is 4.39 Å². The summed E-state index contributed by atoms with van der Waals surface area (Å²) in [5.41, 5.74) is 8.02. The van der Waals surface area contributed by atoms with E-state index in [-0.39, 0.29) is 37.0 Å². The van der Waals surface area contributed by atoms with E-state index in [1.807, 2.05) is 25.1 Å². The molecule has 4 aromatic rings. The second-order valence-corrected chi connectivity index (χ2v) is 10.8. The molecule has 0 bridgehead atoms. The number of ether oxygens (including phenoxy) is 2. The zero-order valence-electron chi connectivity index (χ0n) is 21.9. The minimum Gasteiger partial charge on any atom is -0.494 e. The first kappa shape index (κ1) is 25.4. The average molecular weight is 528 g/mol. The molecule has 2 atom stereocenters. The van der Waals surface area contributed by atoms with Crippen molar-refractivity contribution >= 4 is 16.7 Å². The number of aromatic nitrogens is 2. The maximum atomic E-state index is 13.7. The summed E-state index contributed by atoms with van der Waals surface area (Å²) in [6.45, 7) is 2.14. The van der Waals surface area contributed by atoms with Gasteiger partial charge in [-0.3, -0.25) is 9.78 Å². The van der Waals surface area contributed by atoms with Gasteiger partial charge in [0, 0.05) is 34.7 Å². The maximum Gasteiger partial charge on any atom is 0.163 e. The Hall–Kier alpha value is -3.88. The molecule has 7 nitrogen and oxygen atoms in total. The lowest BCUT2D eigenvalue weighted by atomic mass is 9.83. The number of carbonyl (C=O) groups excluding carboxylic acids is 1. The molecule has 1 fully saturated rings. The maximum absolute atomic E-state index is 13.7. The van der Waals surface area contributed by atoms with Gasteiger partial charge in [-0.15, -0.1) is 0 Å². The van der Waals surface area contributed by atoms with Crippen LogP contribution >= 0.6 is 0 Å². The van der Waals surface area contributed by atoms with Crippen LogP contribution in [0, 0.1) is 11.7 Å². The standard InChI is InChI=1S/C31H30FN3O4/c1-30(33)17-39-29-23(30)16-26(35-28(29)18-5-9-22(32)10-6-18)31(37,21-7-8-21)12-11-24(36)20-14-19-4-3-13-34-27(19)25(15-20)38-2/h3-6,9-10,13-16,21,37H,7-8,11-12,17,33H2,1-2H3/t30-,31+/m0/s1. The molecule has 3 N–H and O–H groups in total. The Labute approximate surface area is 225 Å². The smallest absolute Gasteiger partial charge is 0.163 e. The van der Waals surface area contributed by atoms with Gasteiger partial charge in [-0.1, -0.05) is 6.07 Å². The first-order valence-electron chi connectivity index (χ1n) is 13.1. The lowest BCUT2D eigenvalue weighted by Gasteiger charge is -2.29. The Morgan fingerprint density at radius 3 is 2.72 bits per heavy atom. The van der Waals surface area contributed by atoms with Crippen LogP contribution in [-0.2, 0) is 11.1 Å². The second kappa shape index (κ2) is 9.39. The highest BCUT2D eigenvalue weighted by molar-refractivity contribution is 6.01. The third-order valence-electron chi connectivity index (χ3n) is 7.86. The quantitative estimate of drug-likeness (QED) is 0.301. The number of fused-ring (bicyclic) bond motifs is 2. The number of carbonyl (C=O) groups is 1. The summed E-state index contributed by atoms with van der Waals surface area (Å²) < 4.78 is 25.1. The van der Waals surface area contributed by atoms with Gasteiger partial charge < -0.3 is 20.3 Å². The molecule has 8 heteroatoms. The highest BCUT2D eigenvalue weighted by Gasteiger charge is 2.48. The molecule has 2 aromatic heterocycles. The zero-order valence-corrected chi connectivity index (χ0v) is 21.9. The van der Waals surface area contributed by atoms with Gasteiger partial charge in [0.2, 0.25) is 0 Å². The highest BCUT2D eigenvalue weighted by atomic mass is 19.1. The summed E-state index contributed by atoms with van der Waals surface area (Å²) in [7, 11) is 1.55. The molecular formula is C31H30FN3O4. The van der Waals surface area contributed by atoms with Gasteiger partial charge in [-0.25, -0.2) is 9.37 Å². The number of hydrogen-bond acceptors (Lipinski definition) is 7. The van der Waals surface area contributed by atoms with Crippen LogP contribution in [0.1, 0.15) is 54.2 Å². The summed E-state index contributed by atoms with van der Waals surface area (Å²) in [4.78, 5) is 22.6. The lowest BCUT2D eigenvalue weighted by molar-refractivity contribution is -0.00116. The van der Waals surface area contributed by atoms with Gasteiger partial charge in [0.15, 0.2) is 11.5 Å². The van der Waals surface area contributed by atoms with E-state index in [9.17, 15) is 14.3 Å². The van der Waals surface area contributed by atoms with E-state index >= 15 is 0 Å². The monoisotopic (exact) mass is 527 g/mol. The van der Waals surface area contributed by atoms with E-state index in [2.05, 4.69) is 4.98 Å². The molecule has 6 rings (SSSR count). The number of ketones is 1. The van der Waals surface area contributed by atoms with Crippen LogP contribution < -0.4 is 15.2 Å². The molecule has 1 aliphatic heterocycles. The minimum atomic E-state index is -1.33. The molecule has 0 unspecified atom stereocenters. The predicted octanol–water partition coefficient (Wildman–Crippen LogP) is 5.27. The van der Waals surface area contributed by atoms with Crippen molar-refractivity contribution in [2.45, 2.75) is 43.7 Å². The number of rotatable bonds is 8. The van der Waals surface area contributed by atoms with Crippen molar-refractivity contribution in [2.75, 3.05) is 13.7 Å². The minimum absolute atomic E-state index is 0.0291. The number of pyridine rings is 2. The normalized spacial score (nSPS) is 19.8. The van der Waals surface area contributed by atoms with Crippen LogP contribution in [0.15, 0.2) is 60.8 Å². The van der Waals surface area contributed by atoms with Crippen molar-refractivity contribution in [3.8, 4) is 22.8 Å². The molecule has 3 heterocycles. The SMILES string of the molecule is COc1cc(C(=O)CC[C@](O)(c2cc3c(c(-c4ccc(F)cc4)n2)OC[C@]3(C)N)C2CC2)cc2cccnc12. The van der Waals surface area contributed by atoms with E-state index < -0.39 is 11.1 Å². The predicted molar refractivity (Wildman–Crippen MR) is 145 cm³/mol. The van der Waals surface area contributed by atoms with Crippen LogP contribution in [-0.4, -0.2) is 34.6 Å². The number of nitrogens with zero attached hydrogens (tertiary/aromatic N) is 2. The Kier molecular flexibility index (Phi) is 6.12. The molecule has 1 aliphatic carbocycles. The van der Waals surface area contributed by atoms with Crippen LogP contribution in [0.3, 0.4) is 0 Å². The lowest BCUT2D eigenvalue weighted by Crippen LogP contribution is -2.35. The van der Waals surface area contributed by atoms with E-state index in [0.717, 1.165) is 23.8 Å².